The molecule has 3 heteroatoms. The predicted molar refractivity (Wildman–Crippen MR) is 136 cm³/mol. The molecule has 0 N–H and O–H groups in total. The number of hydrogen-bond donors (Lipinski definition) is 0. The lowest BCUT2D eigenvalue weighted by molar-refractivity contribution is 0.183. The van der Waals surface area contributed by atoms with Gasteiger partial charge in [-0.3, -0.25) is 0 Å². The second kappa shape index (κ2) is 15.4. The van der Waals surface area contributed by atoms with Crippen LogP contribution in [0.15, 0.2) is 30.3 Å². The summed E-state index contributed by atoms with van der Waals surface area (Å²) >= 11 is 5.74. The van der Waals surface area contributed by atoms with E-state index in [1.807, 2.05) is 0 Å². The molecule has 0 bridgehead atoms. The molecule has 2 aromatic carbocycles. The van der Waals surface area contributed by atoms with Crippen molar-refractivity contribution >= 4 is 22.4 Å². The van der Waals surface area contributed by atoms with Crippen LogP contribution in [0.1, 0.15) is 97.0 Å². The highest BCUT2D eigenvalue weighted by Crippen LogP contribution is 2.32. The van der Waals surface area contributed by atoms with Crippen molar-refractivity contribution < 1.29 is 9.47 Å². The molecule has 174 valence electrons. The molecule has 0 aliphatic heterocycles. The van der Waals surface area contributed by atoms with E-state index in [-0.39, 0.29) is 0 Å². The van der Waals surface area contributed by atoms with Gasteiger partial charge in [0.05, 0.1) is 12.7 Å². The normalized spacial score (nSPS) is 12.3. The van der Waals surface area contributed by atoms with Crippen LogP contribution in [-0.4, -0.2) is 18.6 Å². The van der Waals surface area contributed by atoms with Crippen LogP contribution in [0.5, 0.6) is 11.5 Å². The topological polar surface area (TPSA) is 18.5 Å². The van der Waals surface area contributed by atoms with E-state index in [9.17, 15) is 0 Å². The van der Waals surface area contributed by atoms with Gasteiger partial charge in [-0.25, -0.2) is 0 Å². The molecule has 1 unspecified atom stereocenters. The van der Waals surface area contributed by atoms with Gasteiger partial charge in [0.1, 0.15) is 11.5 Å². The van der Waals surface area contributed by atoms with Crippen LogP contribution >= 0.6 is 11.6 Å². The molecule has 0 saturated heterocycles. The van der Waals surface area contributed by atoms with Crippen molar-refractivity contribution in [3.05, 3.63) is 35.9 Å². The third-order valence-corrected chi connectivity index (χ3v) is 6.35. The summed E-state index contributed by atoms with van der Waals surface area (Å²) in [5.74, 6) is 2.81. The molecule has 0 fully saturated rings. The second-order valence-electron chi connectivity index (χ2n) is 8.58. The van der Waals surface area contributed by atoms with Crippen molar-refractivity contribution in [3.63, 3.8) is 0 Å². The quantitative estimate of drug-likeness (QED) is 0.178. The van der Waals surface area contributed by atoms with Gasteiger partial charge in [0.25, 0.3) is 0 Å². The maximum Gasteiger partial charge on any atom is 0.123 e. The van der Waals surface area contributed by atoms with Crippen molar-refractivity contribution in [2.45, 2.75) is 104 Å². The number of halogens is 1. The third kappa shape index (κ3) is 8.93. The number of unbranched alkanes of at least 4 members (excludes halogenated alkanes) is 7. The fourth-order valence-corrected chi connectivity index (χ4v) is 4.36. The molecule has 2 aromatic rings. The number of rotatable bonds is 17. The van der Waals surface area contributed by atoms with Crippen molar-refractivity contribution in [2.24, 2.45) is 0 Å². The van der Waals surface area contributed by atoms with E-state index in [0.29, 0.717) is 6.10 Å². The Kier molecular flexibility index (Phi) is 12.8. The number of fused-ring (bicyclic) bond motifs is 1. The molecule has 0 amide bonds. The summed E-state index contributed by atoms with van der Waals surface area (Å²) in [5, 5.41) is 2.52. The molecule has 0 heterocycles. The number of aryl methyl sites for hydroxylation is 1. The monoisotopic (exact) mass is 446 g/mol. The first-order valence-corrected chi connectivity index (χ1v) is 13.2. The van der Waals surface area contributed by atoms with Crippen molar-refractivity contribution in [2.75, 3.05) is 12.5 Å². The zero-order valence-electron chi connectivity index (χ0n) is 20.1. The first-order chi connectivity index (χ1) is 15.2. The minimum atomic E-state index is 0.312. The van der Waals surface area contributed by atoms with Crippen LogP contribution in [0, 0.1) is 0 Å². The predicted octanol–water partition coefficient (Wildman–Crippen LogP) is 9.10. The van der Waals surface area contributed by atoms with Gasteiger partial charge < -0.3 is 9.47 Å². The van der Waals surface area contributed by atoms with Gasteiger partial charge in [0.2, 0.25) is 0 Å². The second-order valence-corrected chi connectivity index (χ2v) is 8.96. The Bertz CT molecular complexity index is 743. The summed E-state index contributed by atoms with van der Waals surface area (Å²) in [6.45, 7) is 7.48. The lowest BCUT2D eigenvalue weighted by Crippen LogP contribution is -2.15. The Hall–Kier alpha value is -1.41. The van der Waals surface area contributed by atoms with Crippen LogP contribution < -0.4 is 9.47 Å². The maximum atomic E-state index is 6.31. The SMILES string of the molecule is CCCCCC(CC)Oc1ccc2c(CC)c(OCCCCCCCCCl)ccc2c1. The molecule has 1 atom stereocenters. The Balaban J connectivity index is 1.94. The van der Waals surface area contributed by atoms with E-state index in [0.717, 1.165) is 56.1 Å². The molecular weight excluding hydrogens is 404 g/mol. The van der Waals surface area contributed by atoms with E-state index < -0.39 is 0 Å². The maximum absolute atomic E-state index is 6.31. The van der Waals surface area contributed by atoms with Gasteiger partial charge in [-0.15, -0.1) is 11.6 Å². The third-order valence-electron chi connectivity index (χ3n) is 6.09. The zero-order valence-corrected chi connectivity index (χ0v) is 20.8. The summed E-state index contributed by atoms with van der Waals surface area (Å²) in [7, 11) is 0. The van der Waals surface area contributed by atoms with Gasteiger partial charge in [-0.05, 0) is 67.5 Å². The molecular formula is C28H43ClO2. The highest BCUT2D eigenvalue weighted by molar-refractivity contribution is 6.17. The summed E-state index contributed by atoms with van der Waals surface area (Å²) in [5.41, 5.74) is 1.31. The van der Waals surface area contributed by atoms with Crippen molar-refractivity contribution in [3.8, 4) is 11.5 Å². The van der Waals surface area contributed by atoms with Crippen LogP contribution in [0.4, 0.5) is 0 Å². The average molecular weight is 447 g/mol. The highest BCUT2D eigenvalue weighted by Gasteiger charge is 2.11. The van der Waals surface area contributed by atoms with Gasteiger partial charge in [0, 0.05) is 11.4 Å². The van der Waals surface area contributed by atoms with E-state index in [4.69, 9.17) is 21.1 Å². The number of ether oxygens (including phenoxy) is 2. The Morgan fingerprint density at radius 3 is 2.32 bits per heavy atom. The molecule has 2 rings (SSSR count). The van der Waals surface area contributed by atoms with Crippen molar-refractivity contribution in [1.29, 1.82) is 0 Å². The smallest absolute Gasteiger partial charge is 0.123 e. The summed E-state index contributed by atoms with van der Waals surface area (Å²) in [6, 6.07) is 10.9. The Morgan fingerprint density at radius 2 is 1.61 bits per heavy atom. The van der Waals surface area contributed by atoms with Crippen molar-refractivity contribution in [1.82, 2.24) is 0 Å². The summed E-state index contributed by atoms with van der Waals surface area (Å²) in [6.07, 6.45) is 14.6. The minimum Gasteiger partial charge on any atom is -0.493 e. The fourth-order valence-electron chi connectivity index (χ4n) is 4.17. The van der Waals surface area contributed by atoms with E-state index >= 15 is 0 Å². The largest absolute Gasteiger partial charge is 0.493 e. The van der Waals surface area contributed by atoms with E-state index in [1.54, 1.807) is 0 Å². The van der Waals surface area contributed by atoms with Gasteiger partial charge in [0.15, 0.2) is 0 Å². The van der Waals surface area contributed by atoms with Gasteiger partial charge in [-0.1, -0.05) is 71.4 Å². The molecule has 0 aromatic heterocycles. The standard InChI is InChI=1S/C28H43ClO2/c1-4-7-12-15-24(5-2)31-25-17-18-27-23(22-25)16-19-28(26(27)6-3)30-21-14-11-9-8-10-13-20-29/h16-19,22,24H,4-15,20-21H2,1-3H3. The lowest BCUT2D eigenvalue weighted by atomic mass is 10.0. The fraction of sp³-hybridized carbons (Fsp3) is 0.643. The highest BCUT2D eigenvalue weighted by atomic mass is 35.5. The van der Waals surface area contributed by atoms with E-state index in [1.165, 1.54) is 61.3 Å². The number of benzene rings is 2. The first kappa shape index (κ1) is 25.8. The number of hydrogen-bond acceptors (Lipinski definition) is 2. The molecule has 0 aliphatic carbocycles. The summed E-state index contributed by atoms with van der Waals surface area (Å²) < 4.78 is 12.5. The zero-order chi connectivity index (χ0) is 22.3. The lowest BCUT2D eigenvalue weighted by Gasteiger charge is -2.19. The Morgan fingerprint density at radius 1 is 0.839 bits per heavy atom. The van der Waals surface area contributed by atoms with Crippen LogP contribution in [0.2, 0.25) is 0 Å². The molecule has 0 aliphatic rings. The average Bonchev–Trinajstić information content (AvgIpc) is 2.79. The molecule has 0 radical (unpaired) electrons. The molecule has 2 nitrogen and oxygen atoms in total. The molecule has 31 heavy (non-hydrogen) atoms. The van der Waals surface area contributed by atoms with E-state index in [2.05, 4.69) is 51.1 Å². The number of alkyl halides is 1. The Labute approximate surface area is 195 Å². The molecule has 0 spiro atoms. The summed E-state index contributed by atoms with van der Waals surface area (Å²) in [4.78, 5) is 0. The molecule has 0 saturated carbocycles. The first-order valence-electron chi connectivity index (χ1n) is 12.6. The van der Waals surface area contributed by atoms with Gasteiger partial charge in [-0.2, -0.15) is 0 Å². The van der Waals surface area contributed by atoms with Gasteiger partial charge >= 0.3 is 0 Å². The minimum absolute atomic E-state index is 0.312. The van der Waals surface area contributed by atoms with Crippen LogP contribution in [-0.2, 0) is 6.42 Å². The van der Waals surface area contributed by atoms with Crippen LogP contribution in [0.3, 0.4) is 0 Å². The van der Waals surface area contributed by atoms with Crippen LogP contribution in [0.25, 0.3) is 10.8 Å².